The molecule has 0 radical (unpaired) electrons. The summed E-state index contributed by atoms with van der Waals surface area (Å²) in [6, 6.07) is 0. The Hall–Kier alpha value is -0.233. The number of carbonyl (C=O) groups is 1. The second-order valence-electron chi connectivity index (χ2n) is 8.80. The van der Waals surface area contributed by atoms with Crippen LogP contribution < -0.4 is 0 Å². The summed E-state index contributed by atoms with van der Waals surface area (Å²) in [6.07, 6.45) is 5.68. The van der Waals surface area contributed by atoms with Gasteiger partial charge in [-0.3, -0.25) is 0 Å². The molecule has 0 unspecified atom stereocenters. The molecular weight excluding hydrogens is 308 g/mol. The van der Waals surface area contributed by atoms with Crippen LogP contribution >= 0.6 is 0 Å². The zero-order valence-electron chi connectivity index (χ0n) is 15.6. The third-order valence-corrected chi connectivity index (χ3v) is 10.8. The molecule has 5 heteroatoms. The van der Waals surface area contributed by atoms with Crippen molar-refractivity contribution in [2.45, 2.75) is 76.8 Å². The SMILES string of the molecule is COCO[C@@H]1CC[C@@H]2[C@H](C1)C[C@H](O[Si](C)(C)C(C)(C)C)[C@H]2C=O. The highest BCUT2D eigenvalue weighted by atomic mass is 28.4. The van der Waals surface area contributed by atoms with E-state index in [9.17, 15) is 4.79 Å². The summed E-state index contributed by atoms with van der Waals surface area (Å²) < 4.78 is 17.4. The van der Waals surface area contributed by atoms with Crippen LogP contribution in [-0.4, -0.2) is 40.7 Å². The van der Waals surface area contributed by atoms with Crippen molar-refractivity contribution in [1.82, 2.24) is 0 Å². The lowest BCUT2D eigenvalue weighted by molar-refractivity contribution is -0.116. The molecule has 23 heavy (non-hydrogen) atoms. The molecule has 2 saturated carbocycles. The van der Waals surface area contributed by atoms with E-state index in [-0.39, 0.29) is 23.2 Å². The van der Waals surface area contributed by atoms with Crippen molar-refractivity contribution in [3.8, 4) is 0 Å². The fourth-order valence-corrected chi connectivity index (χ4v) is 5.30. The first-order valence-corrected chi connectivity index (χ1v) is 11.8. The third-order valence-electron chi connectivity index (χ3n) is 6.28. The molecule has 0 N–H and O–H groups in total. The Morgan fingerprint density at radius 3 is 2.43 bits per heavy atom. The van der Waals surface area contributed by atoms with Crippen LogP contribution in [0.4, 0.5) is 0 Å². The van der Waals surface area contributed by atoms with E-state index in [2.05, 4.69) is 33.9 Å². The maximum absolute atomic E-state index is 11.7. The molecule has 2 fully saturated rings. The summed E-state index contributed by atoms with van der Waals surface area (Å²) in [7, 11) is -0.181. The van der Waals surface area contributed by atoms with Crippen molar-refractivity contribution in [3.63, 3.8) is 0 Å². The van der Waals surface area contributed by atoms with Crippen LogP contribution in [0.1, 0.15) is 46.5 Å². The lowest BCUT2D eigenvalue weighted by atomic mass is 9.77. The Labute approximate surface area is 142 Å². The number of hydrogen-bond acceptors (Lipinski definition) is 4. The average molecular weight is 343 g/mol. The summed E-state index contributed by atoms with van der Waals surface area (Å²) in [6.45, 7) is 11.7. The van der Waals surface area contributed by atoms with E-state index in [0.29, 0.717) is 18.6 Å². The van der Waals surface area contributed by atoms with Crippen LogP contribution in [0.5, 0.6) is 0 Å². The van der Waals surface area contributed by atoms with Gasteiger partial charge in [-0.05, 0) is 55.7 Å². The highest BCUT2D eigenvalue weighted by Crippen LogP contribution is 2.49. The largest absolute Gasteiger partial charge is 0.413 e. The van der Waals surface area contributed by atoms with Gasteiger partial charge in [0.25, 0.3) is 0 Å². The molecule has 0 aliphatic heterocycles. The van der Waals surface area contributed by atoms with Gasteiger partial charge in [-0.2, -0.15) is 0 Å². The lowest BCUT2D eigenvalue weighted by Crippen LogP contribution is -2.45. The summed E-state index contributed by atoms with van der Waals surface area (Å²) in [5, 5.41) is 0.179. The van der Waals surface area contributed by atoms with Gasteiger partial charge in [0.15, 0.2) is 8.32 Å². The molecule has 0 amide bonds. The topological polar surface area (TPSA) is 44.8 Å². The van der Waals surface area contributed by atoms with Gasteiger partial charge in [-0.25, -0.2) is 0 Å². The Kier molecular flexibility index (Phi) is 6.09. The maximum Gasteiger partial charge on any atom is 0.192 e. The molecule has 0 spiro atoms. The molecule has 0 bridgehead atoms. The molecule has 2 aliphatic rings. The van der Waals surface area contributed by atoms with Crippen molar-refractivity contribution < 1.29 is 18.7 Å². The molecular formula is C18H34O4Si. The minimum Gasteiger partial charge on any atom is -0.413 e. The minimum absolute atomic E-state index is 0.0671. The van der Waals surface area contributed by atoms with Crippen LogP contribution in [0.15, 0.2) is 0 Å². The average Bonchev–Trinajstić information content (AvgIpc) is 2.79. The number of fused-ring (bicyclic) bond motifs is 1. The van der Waals surface area contributed by atoms with Crippen LogP contribution in [0.25, 0.3) is 0 Å². The van der Waals surface area contributed by atoms with Crippen molar-refractivity contribution >= 4 is 14.6 Å². The summed E-state index contributed by atoms with van der Waals surface area (Å²) >= 11 is 0. The van der Waals surface area contributed by atoms with Crippen molar-refractivity contribution in [3.05, 3.63) is 0 Å². The van der Waals surface area contributed by atoms with Crippen molar-refractivity contribution in [1.29, 1.82) is 0 Å². The van der Waals surface area contributed by atoms with Gasteiger partial charge in [0.1, 0.15) is 13.1 Å². The Bertz CT molecular complexity index is 404. The second-order valence-corrected chi connectivity index (χ2v) is 13.6. The minimum atomic E-state index is -1.84. The first-order chi connectivity index (χ1) is 10.7. The highest BCUT2D eigenvalue weighted by molar-refractivity contribution is 6.74. The predicted molar refractivity (Wildman–Crippen MR) is 93.8 cm³/mol. The smallest absolute Gasteiger partial charge is 0.192 e. The first kappa shape index (κ1) is 19.1. The first-order valence-electron chi connectivity index (χ1n) is 8.93. The van der Waals surface area contributed by atoms with Gasteiger partial charge in [0.2, 0.25) is 0 Å². The summed E-state index contributed by atoms with van der Waals surface area (Å²) in [4.78, 5) is 11.7. The Morgan fingerprint density at radius 2 is 1.87 bits per heavy atom. The predicted octanol–water partition coefficient (Wildman–Crippen LogP) is 4.00. The molecule has 0 saturated heterocycles. The number of ether oxygens (including phenoxy) is 2. The molecule has 5 atom stereocenters. The molecule has 0 aromatic rings. The quantitative estimate of drug-likeness (QED) is 0.416. The molecule has 2 aliphatic carbocycles. The Balaban J connectivity index is 2.02. The van der Waals surface area contributed by atoms with E-state index in [4.69, 9.17) is 13.9 Å². The summed E-state index contributed by atoms with van der Waals surface area (Å²) in [5.41, 5.74) is 0. The van der Waals surface area contributed by atoms with E-state index >= 15 is 0 Å². The highest BCUT2D eigenvalue weighted by Gasteiger charge is 2.49. The van der Waals surface area contributed by atoms with Crippen LogP contribution in [0, 0.1) is 17.8 Å². The fourth-order valence-electron chi connectivity index (χ4n) is 3.94. The van der Waals surface area contributed by atoms with Gasteiger partial charge in [0.05, 0.1) is 12.2 Å². The molecule has 0 aromatic heterocycles. The zero-order chi connectivity index (χ0) is 17.3. The van der Waals surface area contributed by atoms with E-state index in [1.807, 2.05) is 0 Å². The number of hydrogen-bond donors (Lipinski definition) is 0. The number of aldehydes is 1. The van der Waals surface area contributed by atoms with E-state index < -0.39 is 8.32 Å². The Morgan fingerprint density at radius 1 is 1.17 bits per heavy atom. The van der Waals surface area contributed by atoms with Crippen LogP contribution in [-0.2, 0) is 18.7 Å². The van der Waals surface area contributed by atoms with E-state index in [1.165, 1.54) is 6.29 Å². The number of carbonyl (C=O) groups excluding carboxylic acids is 1. The molecule has 2 rings (SSSR count). The number of methoxy groups -OCH3 is 1. The van der Waals surface area contributed by atoms with E-state index in [1.54, 1.807) is 7.11 Å². The van der Waals surface area contributed by atoms with Gasteiger partial charge >= 0.3 is 0 Å². The van der Waals surface area contributed by atoms with Gasteiger partial charge in [-0.15, -0.1) is 0 Å². The molecule has 134 valence electrons. The molecule has 0 aromatic carbocycles. The van der Waals surface area contributed by atoms with Gasteiger partial charge in [0, 0.05) is 13.0 Å². The van der Waals surface area contributed by atoms with E-state index in [0.717, 1.165) is 25.7 Å². The van der Waals surface area contributed by atoms with Crippen LogP contribution in [0.3, 0.4) is 0 Å². The summed E-state index contributed by atoms with van der Waals surface area (Å²) in [5.74, 6) is 1.10. The monoisotopic (exact) mass is 342 g/mol. The van der Waals surface area contributed by atoms with Gasteiger partial charge < -0.3 is 18.7 Å². The lowest BCUT2D eigenvalue weighted by Gasteiger charge is -2.39. The zero-order valence-corrected chi connectivity index (χ0v) is 16.6. The second kappa shape index (κ2) is 7.34. The molecule has 4 nitrogen and oxygen atoms in total. The normalized spacial score (nSPS) is 35.1. The van der Waals surface area contributed by atoms with Crippen molar-refractivity contribution in [2.75, 3.05) is 13.9 Å². The van der Waals surface area contributed by atoms with Crippen LogP contribution in [0.2, 0.25) is 18.1 Å². The van der Waals surface area contributed by atoms with Crippen molar-refractivity contribution in [2.24, 2.45) is 17.8 Å². The third kappa shape index (κ3) is 4.24. The fraction of sp³-hybridized carbons (Fsp3) is 0.944. The standard InChI is InChI=1S/C18H34O4Si/c1-18(2,3)23(5,6)22-17-10-13-9-14(21-12-20-4)7-8-15(13)16(17)11-19/h11,13-17H,7-10,12H2,1-6H3/t13-,14-,15-,16+,17+/m1/s1. The maximum atomic E-state index is 11.7. The number of rotatable bonds is 6. The van der Waals surface area contributed by atoms with Gasteiger partial charge in [-0.1, -0.05) is 20.8 Å². The molecule has 0 heterocycles.